The molecule has 2 aromatic heterocycles. The largest absolute Gasteiger partial charge is 0.380 e. The van der Waals surface area contributed by atoms with Gasteiger partial charge < -0.3 is 15.0 Å². The van der Waals surface area contributed by atoms with Crippen LogP contribution in [0.3, 0.4) is 0 Å². The van der Waals surface area contributed by atoms with E-state index in [0.29, 0.717) is 6.10 Å². The van der Waals surface area contributed by atoms with Gasteiger partial charge in [0.2, 0.25) is 5.95 Å². The summed E-state index contributed by atoms with van der Waals surface area (Å²) in [6.07, 6.45) is 2.57. The highest BCUT2D eigenvalue weighted by Crippen LogP contribution is 2.31. The number of thiophene rings is 1. The van der Waals surface area contributed by atoms with Crippen LogP contribution < -0.4 is 10.2 Å². The molecule has 0 amide bonds. The number of fused-ring (bicyclic) bond motifs is 1. The summed E-state index contributed by atoms with van der Waals surface area (Å²) in [6, 6.07) is 2.11. The van der Waals surface area contributed by atoms with E-state index in [4.69, 9.17) is 9.72 Å². The quantitative estimate of drug-likeness (QED) is 0.939. The first kappa shape index (κ1) is 13.6. The third-order valence-corrected chi connectivity index (χ3v) is 4.46. The Labute approximate surface area is 123 Å². The van der Waals surface area contributed by atoms with Crippen LogP contribution in [0.1, 0.15) is 19.8 Å². The molecule has 1 saturated heterocycles. The number of nitrogens with zero attached hydrogens (tertiary/aromatic N) is 3. The number of aromatic nitrogens is 2. The van der Waals surface area contributed by atoms with E-state index < -0.39 is 0 Å². The summed E-state index contributed by atoms with van der Waals surface area (Å²) in [7, 11) is 1.79. The lowest BCUT2D eigenvalue weighted by molar-refractivity contribution is 0.0892. The van der Waals surface area contributed by atoms with Gasteiger partial charge in [-0.25, -0.2) is 4.98 Å². The number of hydrogen-bond acceptors (Lipinski definition) is 6. The summed E-state index contributed by atoms with van der Waals surface area (Å²) in [6.45, 7) is 4.83. The van der Waals surface area contributed by atoms with E-state index in [-0.39, 0.29) is 0 Å². The number of rotatable bonds is 4. The van der Waals surface area contributed by atoms with E-state index in [1.807, 2.05) is 0 Å². The first-order valence-corrected chi connectivity index (χ1v) is 7.96. The number of hydrogen-bond donors (Lipinski definition) is 1. The maximum atomic E-state index is 5.52. The van der Waals surface area contributed by atoms with E-state index >= 15 is 0 Å². The lowest BCUT2D eigenvalue weighted by atomic mass is 10.1. The number of piperidine rings is 1. The molecule has 108 valence electrons. The van der Waals surface area contributed by atoms with Gasteiger partial charge in [-0.05, 0) is 31.2 Å². The van der Waals surface area contributed by atoms with Crippen LogP contribution in [0.15, 0.2) is 11.4 Å². The Kier molecular flexibility index (Phi) is 4.03. The van der Waals surface area contributed by atoms with Crippen LogP contribution in [-0.2, 0) is 4.74 Å². The van der Waals surface area contributed by atoms with Crippen LogP contribution in [0.2, 0.25) is 0 Å². The lowest BCUT2D eigenvalue weighted by Gasteiger charge is -2.33. The Hall–Kier alpha value is -1.40. The molecule has 0 spiro atoms. The highest BCUT2D eigenvalue weighted by molar-refractivity contribution is 7.16. The fraction of sp³-hybridized carbons (Fsp3) is 0.571. The zero-order valence-corrected chi connectivity index (χ0v) is 12.7. The van der Waals surface area contributed by atoms with Gasteiger partial charge in [0.25, 0.3) is 0 Å². The zero-order chi connectivity index (χ0) is 13.9. The summed E-state index contributed by atoms with van der Waals surface area (Å²) in [5, 5.41) is 6.45. The van der Waals surface area contributed by atoms with Crippen LogP contribution in [0.4, 0.5) is 11.8 Å². The van der Waals surface area contributed by atoms with E-state index in [0.717, 1.165) is 54.5 Å². The van der Waals surface area contributed by atoms with Crippen LogP contribution in [0, 0.1) is 0 Å². The fourth-order valence-corrected chi connectivity index (χ4v) is 3.40. The van der Waals surface area contributed by atoms with Crippen LogP contribution in [0.5, 0.6) is 0 Å². The Morgan fingerprint density at radius 2 is 2.40 bits per heavy atom. The summed E-state index contributed by atoms with van der Waals surface area (Å²) >= 11 is 1.66. The molecular weight excluding hydrogens is 272 g/mol. The molecule has 1 aliphatic heterocycles. The SMILES string of the molecule is CCNc1nc(N2CCCC(OC)C2)c2ccsc2n1. The molecule has 0 aromatic carbocycles. The predicted molar refractivity (Wildman–Crippen MR) is 83.8 cm³/mol. The third-order valence-electron chi connectivity index (χ3n) is 3.65. The summed E-state index contributed by atoms with van der Waals surface area (Å²) in [4.78, 5) is 12.6. The van der Waals surface area contributed by atoms with Crippen molar-refractivity contribution in [2.24, 2.45) is 0 Å². The van der Waals surface area contributed by atoms with Crippen molar-refractivity contribution >= 4 is 33.3 Å². The van der Waals surface area contributed by atoms with Crippen molar-refractivity contribution in [3.8, 4) is 0 Å². The van der Waals surface area contributed by atoms with Gasteiger partial charge in [-0.15, -0.1) is 11.3 Å². The van der Waals surface area contributed by atoms with E-state index in [1.165, 1.54) is 0 Å². The monoisotopic (exact) mass is 292 g/mol. The van der Waals surface area contributed by atoms with Gasteiger partial charge in [-0.2, -0.15) is 4.98 Å². The molecular formula is C14H20N4OS. The normalized spacial score (nSPS) is 19.5. The number of ether oxygens (including phenoxy) is 1. The van der Waals surface area contributed by atoms with Gasteiger partial charge in [0.15, 0.2) is 0 Å². The second kappa shape index (κ2) is 5.93. The second-order valence-electron chi connectivity index (χ2n) is 4.99. The maximum Gasteiger partial charge on any atom is 0.226 e. The Morgan fingerprint density at radius 3 is 3.20 bits per heavy atom. The minimum Gasteiger partial charge on any atom is -0.380 e. The molecule has 2 aromatic rings. The van der Waals surface area contributed by atoms with Crippen molar-refractivity contribution in [2.75, 3.05) is 37.0 Å². The molecule has 0 saturated carbocycles. The molecule has 20 heavy (non-hydrogen) atoms. The Balaban J connectivity index is 1.98. The van der Waals surface area contributed by atoms with E-state index in [2.05, 4.69) is 33.6 Å². The minimum absolute atomic E-state index is 0.301. The van der Waals surface area contributed by atoms with Crippen LogP contribution >= 0.6 is 11.3 Å². The summed E-state index contributed by atoms with van der Waals surface area (Å²) < 4.78 is 5.52. The fourth-order valence-electron chi connectivity index (χ4n) is 2.64. The lowest BCUT2D eigenvalue weighted by Crippen LogP contribution is -2.39. The molecule has 1 atom stereocenters. The smallest absolute Gasteiger partial charge is 0.226 e. The third kappa shape index (κ3) is 2.58. The van der Waals surface area contributed by atoms with Gasteiger partial charge in [0, 0.05) is 26.7 Å². The van der Waals surface area contributed by atoms with Gasteiger partial charge in [-0.3, -0.25) is 0 Å². The molecule has 1 N–H and O–H groups in total. The highest BCUT2D eigenvalue weighted by Gasteiger charge is 2.23. The molecule has 3 heterocycles. The summed E-state index contributed by atoms with van der Waals surface area (Å²) in [5.41, 5.74) is 0. The topological polar surface area (TPSA) is 50.3 Å². The molecule has 0 radical (unpaired) electrons. The predicted octanol–water partition coefficient (Wildman–Crippen LogP) is 2.74. The van der Waals surface area contributed by atoms with Crippen molar-refractivity contribution < 1.29 is 4.74 Å². The molecule has 0 bridgehead atoms. The molecule has 3 rings (SSSR count). The van der Waals surface area contributed by atoms with Gasteiger partial charge >= 0.3 is 0 Å². The first-order valence-electron chi connectivity index (χ1n) is 7.08. The maximum absolute atomic E-state index is 5.52. The van der Waals surface area contributed by atoms with E-state index in [9.17, 15) is 0 Å². The number of anilines is 2. The van der Waals surface area contributed by atoms with Crippen molar-refractivity contribution in [1.82, 2.24) is 9.97 Å². The van der Waals surface area contributed by atoms with E-state index in [1.54, 1.807) is 18.4 Å². The van der Waals surface area contributed by atoms with Crippen LogP contribution in [-0.4, -0.2) is 42.8 Å². The van der Waals surface area contributed by atoms with Gasteiger partial charge in [0.05, 0.1) is 11.5 Å². The van der Waals surface area contributed by atoms with Crippen molar-refractivity contribution in [2.45, 2.75) is 25.9 Å². The molecule has 0 aliphatic carbocycles. The van der Waals surface area contributed by atoms with Crippen molar-refractivity contribution in [3.05, 3.63) is 11.4 Å². The van der Waals surface area contributed by atoms with Crippen molar-refractivity contribution in [1.29, 1.82) is 0 Å². The molecule has 6 heteroatoms. The first-order chi connectivity index (χ1) is 9.81. The average molecular weight is 292 g/mol. The zero-order valence-electron chi connectivity index (χ0n) is 11.9. The minimum atomic E-state index is 0.301. The number of nitrogens with one attached hydrogen (secondary N) is 1. The molecule has 1 aliphatic rings. The standard InChI is InChI=1S/C14H20N4OS/c1-3-15-14-16-12(11-6-8-20-13(11)17-14)18-7-4-5-10(9-18)19-2/h6,8,10H,3-5,7,9H2,1-2H3,(H,15,16,17). The van der Waals surface area contributed by atoms with Crippen LogP contribution in [0.25, 0.3) is 10.2 Å². The average Bonchev–Trinajstić information content (AvgIpc) is 2.95. The Bertz CT molecular complexity index is 586. The second-order valence-corrected chi connectivity index (χ2v) is 5.88. The van der Waals surface area contributed by atoms with Crippen molar-refractivity contribution in [3.63, 3.8) is 0 Å². The molecule has 1 unspecified atom stereocenters. The van der Waals surface area contributed by atoms with Gasteiger partial charge in [-0.1, -0.05) is 0 Å². The summed E-state index contributed by atoms with van der Waals surface area (Å²) in [5.74, 6) is 1.76. The Morgan fingerprint density at radius 1 is 1.50 bits per heavy atom. The molecule has 5 nitrogen and oxygen atoms in total. The highest BCUT2D eigenvalue weighted by atomic mass is 32.1. The molecule has 1 fully saturated rings. The number of methoxy groups -OCH3 is 1. The van der Waals surface area contributed by atoms with Gasteiger partial charge in [0.1, 0.15) is 10.6 Å².